The summed E-state index contributed by atoms with van der Waals surface area (Å²) in [6.07, 6.45) is -4.10. The number of hydrogen-bond donors (Lipinski definition) is 8. The summed E-state index contributed by atoms with van der Waals surface area (Å²) in [5, 5.41) is 64.9. The van der Waals surface area contributed by atoms with E-state index in [-0.39, 0.29) is 36.7 Å². The Labute approximate surface area is 258 Å². The predicted octanol–water partition coefficient (Wildman–Crippen LogP) is -1.57. The lowest BCUT2D eigenvalue weighted by Gasteiger charge is -2.51. The lowest BCUT2D eigenvalue weighted by molar-refractivity contribution is -0.319. The summed E-state index contributed by atoms with van der Waals surface area (Å²) in [4.78, 5) is 28.3. The van der Waals surface area contributed by atoms with E-state index in [2.05, 4.69) is 5.32 Å². The zero-order valence-corrected chi connectivity index (χ0v) is 25.5. The number of methoxy groups -OCH3 is 1. The molecular formula is C31H52N2O11. The van der Waals surface area contributed by atoms with Crippen LogP contribution in [-0.4, -0.2) is 124 Å². The Balaban J connectivity index is 1.32. The molecule has 0 aromatic heterocycles. The number of rotatable bonds is 10. The third-order valence-corrected chi connectivity index (χ3v) is 11.3. The molecule has 16 atom stereocenters. The molecule has 0 aromatic rings. The van der Waals surface area contributed by atoms with Gasteiger partial charge in [0.1, 0.15) is 36.0 Å². The Kier molecular flexibility index (Phi) is 11.5. The Morgan fingerprint density at radius 1 is 0.955 bits per heavy atom. The van der Waals surface area contributed by atoms with Crippen LogP contribution in [0.5, 0.6) is 0 Å². The molecule has 13 heteroatoms. The Hall–Kier alpha value is -1.10. The van der Waals surface area contributed by atoms with Crippen molar-refractivity contribution in [1.82, 2.24) is 5.32 Å². The smallest absolute Gasteiger partial charge is 0.186 e. The van der Waals surface area contributed by atoms with Gasteiger partial charge >= 0.3 is 0 Å². The van der Waals surface area contributed by atoms with Crippen molar-refractivity contribution in [1.29, 1.82) is 0 Å². The fraction of sp³-hybridized carbons (Fsp3) is 0.935. The molecule has 0 bridgehead atoms. The monoisotopic (exact) mass is 628 g/mol. The lowest BCUT2D eigenvalue weighted by Crippen LogP contribution is -2.63. The first-order valence-corrected chi connectivity index (χ1v) is 16.4. The lowest BCUT2D eigenvalue weighted by atomic mass is 9.54. The van der Waals surface area contributed by atoms with Gasteiger partial charge in [0, 0.05) is 32.0 Å². The van der Waals surface area contributed by atoms with Crippen molar-refractivity contribution in [2.45, 2.75) is 113 Å². The molecule has 5 aliphatic rings. The van der Waals surface area contributed by atoms with Crippen LogP contribution < -0.4 is 11.1 Å². The third kappa shape index (κ3) is 6.93. The minimum Gasteiger partial charge on any atom is -0.396 e. The molecule has 44 heavy (non-hydrogen) atoms. The third-order valence-electron chi connectivity index (χ3n) is 11.3. The van der Waals surface area contributed by atoms with E-state index >= 15 is 0 Å². The van der Waals surface area contributed by atoms with E-state index in [0.29, 0.717) is 37.5 Å². The minimum absolute atomic E-state index is 0.0132. The highest BCUT2D eigenvalue weighted by Gasteiger charge is 2.59. The molecule has 2 saturated heterocycles. The van der Waals surface area contributed by atoms with E-state index in [1.165, 1.54) is 7.11 Å². The van der Waals surface area contributed by atoms with Crippen molar-refractivity contribution in [3.8, 4) is 0 Å². The zero-order valence-electron chi connectivity index (χ0n) is 25.5. The van der Waals surface area contributed by atoms with Crippen LogP contribution in [0.25, 0.3) is 0 Å². The number of ketones is 2. The van der Waals surface area contributed by atoms with Gasteiger partial charge in [-0.05, 0) is 75.7 Å². The van der Waals surface area contributed by atoms with E-state index in [1.54, 1.807) is 0 Å². The molecule has 0 amide bonds. The van der Waals surface area contributed by atoms with Crippen LogP contribution in [-0.2, 0) is 23.8 Å². The van der Waals surface area contributed by atoms with Crippen molar-refractivity contribution >= 4 is 11.6 Å². The van der Waals surface area contributed by atoms with Crippen LogP contribution >= 0.6 is 0 Å². The molecule has 13 nitrogen and oxygen atoms in total. The first kappa shape index (κ1) is 34.2. The van der Waals surface area contributed by atoms with Crippen LogP contribution in [0.2, 0.25) is 0 Å². The van der Waals surface area contributed by atoms with E-state index in [1.807, 2.05) is 0 Å². The molecule has 0 radical (unpaired) electrons. The Morgan fingerprint density at radius 2 is 1.70 bits per heavy atom. The fourth-order valence-corrected chi connectivity index (χ4v) is 8.91. The zero-order chi connectivity index (χ0) is 31.7. The Bertz CT molecular complexity index is 978. The summed E-state index contributed by atoms with van der Waals surface area (Å²) >= 11 is 0. The molecule has 5 rings (SSSR count). The minimum atomic E-state index is -1.65. The summed E-state index contributed by atoms with van der Waals surface area (Å²) in [6, 6.07) is 0. The second kappa shape index (κ2) is 14.8. The molecule has 3 aliphatic carbocycles. The van der Waals surface area contributed by atoms with Crippen molar-refractivity contribution in [3.05, 3.63) is 0 Å². The summed E-state index contributed by atoms with van der Waals surface area (Å²) in [5.74, 6) is -2.61. The molecule has 3 saturated carbocycles. The van der Waals surface area contributed by atoms with Crippen LogP contribution in [0, 0.1) is 41.4 Å². The number of piperidine rings is 1. The van der Waals surface area contributed by atoms with Crippen LogP contribution in [0.15, 0.2) is 0 Å². The molecule has 5 fully saturated rings. The highest BCUT2D eigenvalue weighted by molar-refractivity contribution is 6.00. The number of aliphatic hydroxyl groups excluding tert-OH is 6. The molecular weight excluding hydrogens is 576 g/mol. The largest absolute Gasteiger partial charge is 0.396 e. The van der Waals surface area contributed by atoms with Gasteiger partial charge in [-0.1, -0.05) is 0 Å². The summed E-state index contributed by atoms with van der Waals surface area (Å²) < 4.78 is 17.3. The maximum absolute atomic E-state index is 14.2. The number of fused-ring (bicyclic) bond motifs is 2. The summed E-state index contributed by atoms with van der Waals surface area (Å²) in [5.41, 5.74) is 6.05. The van der Waals surface area contributed by atoms with Crippen LogP contribution in [0.3, 0.4) is 0 Å². The van der Waals surface area contributed by atoms with E-state index in [0.717, 1.165) is 32.2 Å². The predicted molar refractivity (Wildman–Crippen MR) is 155 cm³/mol. The van der Waals surface area contributed by atoms with Crippen molar-refractivity contribution < 1.29 is 54.4 Å². The molecule has 0 spiro atoms. The normalized spacial score (nSPS) is 47.1. The molecule has 9 N–H and O–H groups in total. The fourth-order valence-electron chi connectivity index (χ4n) is 8.91. The molecule has 2 heterocycles. The van der Waals surface area contributed by atoms with Gasteiger partial charge in [0.25, 0.3) is 0 Å². The number of Topliss-reactive ketones (excluding diaryl/α,β-unsaturated/α-hetero) is 2. The number of aliphatic hydroxyl groups is 6. The van der Waals surface area contributed by atoms with Gasteiger partial charge in [-0.3, -0.25) is 9.59 Å². The van der Waals surface area contributed by atoms with Gasteiger partial charge in [0.05, 0.1) is 42.9 Å². The van der Waals surface area contributed by atoms with E-state index in [9.17, 15) is 40.2 Å². The first-order valence-electron chi connectivity index (χ1n) is 16.4. The topological polar surface area (TPSA) is 221 Å². The summed E-state index contributed by atoms with van der Waals surface area (Å²) in [7, 11) is 1.52. The average molecular weight is 629 g/mol. The number of carbonyl (C=O) groups excluding carboxylic acids is 2. The van der Waals surface area contributed by atoms with Gasteiger partial charge in [-0.2, -0.15) is 0 Å². The Morgan fingerprint density at radius 3 is 2.36 bits per heavy atom. The van der Waals surface area contributed by atoms with E-state index in [4.69, 9.17) is 19.9 Å². The average Bonchev–Trinajstić information content (AvgIpc) is 3.01. The molecule has 252 valence electrons. The highest BCUT2D eigenvalue weighted by Crippen LogP contribution is 2.50. The van der Waals surface area contributed by atoms with Gasteiger partial charge in [0.15, 0.2) is 6.29 Å². The second-order valence-electron chi connectivity index (χ2n) is 13.9. The van der Waals surface area contributed by atoms with Crippen molar-refractivity contribution in [2.75, 3.05) is 26.9 Å². The van der Waals surface area contributed by atoms with Crippen molar-refractivity contribution in [2.24, 2.45) is 47.2 Å². The van der Waals surface area contributed by atoms with Gasteiger partial charge in [-0.15, -0.1) is 0 Å². The SMILES string of the molecule is COC1CC(OC2OC(CO)C(O)C(O)C2O)C2C(=O)C3C(O)CC(CC(CCCO)C4CCC(N)NC4)CC3C(=O)C2C1. The molecule has 16 unspecified atom stereocenters. The molecule has 0 aromatic carbocycles. The first-order chi connectivity index (χ1) is 21.1. The van der Waals surface area contributed by atoms with Gasteiger partial charge in [-0.25, -0.2) is 0 Å². The van der Waals surface area contributed by atoms with Gasteiger partial charge < -0.3 is 55.9 Å². The van der Waals surface area contributed by atoms with Crippen LogP contribution in [0.1, 0.15) is 57.8 Å². The number of nitrogens with one attached hydrogen (secondary N) is 1. The quantitative estimate of drug-likeness (QED) is 0.137. The van der Waals surface area contributed by atoms with Gasteiger partial charge in [0.2, 0.25) is 0 Å². The number of ether oxygens (including phenoxy) is 3. The number of hydrogen-bond acceptors (Lipinski definition) is 13. The summed E-state index contributed by atoms with van der Waals surface area (Å²) in [6.45, 7) is 0.285. The highest BCUT2D eigenvalue weighted by atomic mass is 16.7. The maximum atomic E-state index is 14.2. The molecule has 2 aliphatic heterocycles. The van der Waals surface area contributed by atoms with Crippen LogP contribution in [0.4, 0.5) is 0 Å². The maximum Gasteiger partial charge on any atom is 0.186 e. The second-order valence-corrected chi connectivity index (χ2v) is 13.9. The van der Waals surface area contributed by atoms with Crippen molar-refractivity contribution in [3.63, 3.8) is 0 Å². The standard InChI is InChI=1S/C31H52N2O11/c1-42-17-10-19-25(21(11-17)43-31-30(41)29(40)27(38)22(13-35)44-31)28(39)24-18(26(19)37)8-14(9-20(24)36)7-15(3-2-6-34)16-4-5-23(32)33-12-16/h14-25,27,29-31,33-36,38,40-41H,2-13,32H2,1H3. The number of carbonyl (C=O) groups is 2. The van der Waals surface area contributed by atoms with E-state index < -0.39 is 79.3 Å². The number of nitrogens with two attached hydrogens (primary N) is 1.